The number of anilines is 2. The number of hydrogen-bond acceptors (Lipinski definition) is 5. The molecule has 1 saturated heterocycles. The van der Waals surface area contributed by atoms with Crippen LogP contribution in [0.5, 0.6) is 5.75 Å². The minimum absolute atomic E-state index is 0.00572. The van der Waals surface area contributed by atoms with E-state index in [-0.39, 0.29) is 18.4 Å². The molecule has 1 fully saturated rings. The molecule has 2 heterocycles. The lowest BCUT2D eigenvalue weighted by molar-refractivity contribution is -0.119. The number of fused-ring (bicyclic) bond motifs is 1. The van der Waals surface area contributed by atoms with Crippen molar-refractivity contribution in [1.29, 1.82) is 0 Å². The number of benzene rings is 2. The first kappa shape index (κ1) is 20.8. The van der Waals surface area contributed by atoms with Crippen molar-refractivity contribution in [3.63, 3.8) is 0 Å². The molecule has 4 rings (SSSR count). The third-order valence-corrected chi connectivity index (χ3v) is 6.07. The smallest absolute Gasteiger partial charge is 0.262 e. The number of hydrogen-bond donors (Lipinski definition) is 2. The van der Waals surface area contributed by atoms with Crippen LogP contribution >= 0.6 is 15.9 Å². The van der Waals surface area contributed by atoms with Gasteiger partial charge in [-0.1, -0.05) is 34.1 Å². The third-order valence-electron chi connectivity index (χ3n) is 5.30. The first-order valence-corrected chi connectivity index (χ1v) is 10.9. The molecule has 2 aromatic carbocycles. The minimum Gasteiger partial charge on any atom is -0.482 e. The Kier molecular flexibility index (Phi) is 6.66. The summed E-state index contributed by atoms with van der Waals surface area (Å²) in [6.45, 7) is 4.98. The lowest BCUT2D eigenvalue weighted by atomic mass is 10.2. The summed E-state index contributed by atoms with van der Waals surface area (Å²) < 4.78 is 6.55. The van der Waals surface area contributed by atoms with E-state index in [0.29, 0.717) is 23.7 Å². The highest BCUT2D eigenvalue weighted by Gasteiger charge is 2.19. The quantitative estimate of drug-likeness (QED) is 0.699. The first-order chi connectivity index (χ1) is 14.6. The van der Waals surface area contributed by atoms with Crippen LogP contribution in [0.1, 0.15) is 12.0 Å². The van der Waals surface area contributed by atoms with Gasteiger partial charge in [0.25, 0.3) is 5.91 Å². The summed E-state index contributed by atoms with van der Waals surface area (Å²) in [5.74, 6) is 0.355. The van der Waals surface area contributed by atoms with Crippen LogP contribution in [0.4, 0.5) is 11.4 Å². The number of carbonyl (C=O) groups excluding carboxylic acids is 2. The number of ether oxygens (including phenoxy) is 1. The second kappa shape index (κ2) is 9.59. The molecule has 0 bridgehead atoms. The number of halogens is 1. The van der Waals surface area contributed by atoms with Gasteiger partial charge in [0.15, 0.2) is 6.61 Å². The second-order valence-corrected chi connectivity index (χ2v) is 8.45. The van der Waals surface area contributed by atoms with E-state index in [1.807, 2.05) is 6.07 Å². The zero-order valence-electron chi connectivity index (χ0n) is 16.7. The molecule has 0 unspecified atom stereocenters. The van der Waals surface area contributed by atoms with Crippen LogP contribution in [-0.4, -0.2) is 60.9 Å². The minimum atomic E-state index is -0.172. The zero-order chi connectivity index (χ0) is 20.9. The largest absolute Gasteiger partial charge is 0.482 e. The predicted octanol–water partition coefficient (Wildman–Crippen LogP) is 2.93. The van der Waals surface area contributed by atoms with Gasteiger partial charge in [-0.25, -0.2) is 0 Å². The highest BCUT2D eigenvalue weighted by Crippen LogP contribution is 2.30. The Morgan fingerprint density at radius 2 is 1.90 bits per heavy atom. The van der Waals surface area contributed by atoms with Crippen LogP contribution in [-0.2, 0) is 16.1 Å². The molecule has 30 heavy (non-hydrogen) atoms. The Morgan fingerprint density at radius 3 is 2.77 bits per heavy atom. The number of nitrogens with one attached hydrogen (secondary N) is 2. The molecule has 2 aliphatic rings. The number of carbonyl (C=O) groups is 2. The lowest BCUT2D eigenvalue weighted by Gasteiger charge is -2.22. The van der Waals surface area contributed by atoms with Gasteiger partial charge in [0.1, 0.15) is 5.75 Å². The van der Waals surface area contributed by atoms with E-state index in [2.05, 4.69) is 54.6 Å². The second-order valence-electron chi connectivity index (χ2n) is 7.59. The fraction of sp³-hybridized carbons (Fsp3) is 0.364. The summed E-state index contributed by atoms with van der Waals surface area (Å²) in [7, 11) is 0. The fourth-order valence-corrected chi connectivity index (χ4v) is 4.17. The third kappa shape index (κ3) is 5.38. The van der Waals surface area contributed by atoms with E-state index >= 15 is 0 Å². The van der Waals surface area contributed by atoms with Crippen molar-refractivity contribution >= 4 is 39.1 Å². The predicted molar refractivity (Wildman–Crippen MR) is 120 cm³/mol. The molecular weight excluding hydrogens is 448 g/mol. The number of amides is 2. The Morgan fingerprint density at radius 1 is 1.10 bits per heavy atom. The molecule has 2 aliphatic heterocycles. The summed E-state index contributed by atoms with van der Waals surface area (Å²) >= 11 is 3.63. The molecule has 0 radical (unpaired) electrons. The zero-order valence-corrected chi connectivity index (χ0v) is 18.3. The first-order valence-electron chi connectivity index (χ1n) is 10.1. The molecule has 2 N–H and O–H groups in total. The monoisotopic (exact) mass is 472 g/mol. The van der Waals surface area contributed by atoms with Crippen molar-refractivity contribution in [3.05, 3.63) is 52.5 Å². The maximum absolute atomic E-state index is 12.5. The highest BCUT2D eigenvalue weighted by molar-refractivity contribution is 9.10. The molecule has 7 nitrogen and oxygen atoms in total. The summed E-state index contributed by atoms with van der Waals surface area (Å²) in [4.78, 5) is 28.5. The van der Waals surface area contributed by atoms with Gasteiger partial charge in [-0.15, -0.1) is 0 Å². The van der Waals surface area contributed by atoms with E-state index in [9.17, 15) is 9.59 Å². The van der Waals surface area contributed by atoms with Crippen LogP contribution in [0.3, 0.4) is 0 Å². The molecule has 0 aromatic heterocycles. The average molecular weight is 473 g/mol. The Hall–Kier alpha value is -2.42. The molecule has 2 aromatic rings. The summed E-state index contributed by atoms with van der Waals surface area (Å²) in [5.41, 5.74) is 2.58. The molecule has 2 amide bonds. The van der Waals surface area contributed by atoms with E-state index in [0.717, 1.165) is 43.6 Å². The molecule has 158 valence electrons. The standard InChI is InChI=1S/C22H25BrN4O3/c23-18-5-2-1-4-16(18)13-26-8-3-9-27(11-10-26)14-21(28)24-17-6-7-19-20(12-17)30-15-22(29)25-19/h1-2,4-7,12H,3,8-11,13-15H2,(H,24,28)(H,25,29). The molecule has 0 atom stereocenters. The van der Waals surface area contributed by atoms with Crippen LogP contribution in [0, 0.1) is 0 Å². The lowest BCUT2D eigenvalue weighted by Crippen LogP contribution is -2.36. The van der Waals surface area contributed by atoms with E-state index < -0.39 is 0 Å². The van der Waals surface area contributed by atoms with Crippen LogP contribution in [0.25, 0.3) is 0 Å². The van der Waals surface area contributed by atoms with Gasteiger partial charge in [0.05, 0.1) is 12.2 Å². The highest BCUT2D eigenvalue weighted by atomic mass is 79.9. The normalized spacial score (nSPS) is 17.4. The van der Waals surface area contributed by atoms with Crippen molar-refractivity contribution in [2.45, 2.75) is 13.0 Å². The van der Waals surface area contributed by atoms with Crippen molar-refractivity contribution in [2.75, 3.05) is 50.0 Å². The van der Waals surface area contributed by atoms with E-state index in [1.165, 1.54) is 5.56 Å². The molecular formula is C22H25BrN4O3. The number of nitrogens with zero attached hydrogens (tertiary/aromatic N) is 2. The van der Waals surface area contributed by atoms with E-state index in [4.69, 9.17) is 4.74 Å². The van der Waals surface area contributed by atoms with Gasteiger partial charge in [-0.3, -0.25) is 19.4 Å². The Bertz CT molecular complexity index is 936. The van der Waals surface area contributed by atoms with Crippen LogP contribution in [0.15, 0.2) is 46.9 Å². The number of rotatable bonds is 5. The molecule has 0 saturated carbocycles. The molecule has 0 spiro atoms. The summed E-state index contributed by atoms with van der Waals surface area (Å²) in [6, 6.07) is 13.6. The van der Waals surface area contributed by atoms with Gasteiger partial charge in [-0.2, -0.15) is 0 Å². The maximum atomic E-state index is 12.5. The van der Waals surface area contributed by atoms with Crippen LogP contribution < -0.4 is 15.4 Å². The van der Waals surface area contributed by atoms with Gasteiger partial charge in [0.2, 0.25) is 5.91 Å². The SMILES string of the molecule is O=C(CN1CCCN(Cc2ccccc2Br)CC1)Nc1ccc2c(c1)OCC(=O)N2. The maximum Gasteiger partial charge on any atom is 0.262 e. The Balaban J connectivity index is 1.28. The van der Waals surface area contributed by atoms with Gasteiger partial charge in [-0.05, 0) is 43.3 Å². The molecule has 0 aliphatic carbocycles. The summed E-state index contributed by atoms with van der Waals surface area (Å²) in [5, 5.41) is 5.68. The Labute approximate surface area is 184 Å². The summed E-state index contributed by atoms with van der Waals surface area (Å²) in [6.07, 6.45) is 1.03. The van der Waals surface area contributed by atoms with Crippen molar-refractivity contribution in [2.24, 2.45) is 0 Å². The van der Waals surface area contributed by atoms with E-state index in [1.54, 1.807) is 18.2 Å². The van der Waals surface area contributed by atoms with Gasteiger partial charge in [0, 0.05) is 35.9 Å². The molecule has 8 heteroatoms. The van der Waals surface area contributed by atoms with Crippen molar-refractivity contribution in [3.8, 4) is 5.75 Å². The van der Waals surface area contributed by atoms with Gasteiger partial charge < -0.3 is 15.4 Å². The fourth-order valence-electron chi connectivity index (χ4n) is 3.76. The van der Waals surface area contributed by atoms with Crippen molar-refractivity contribution < 1.29 is 14.3 Å². The van der Waals surface area contributed by atoms with Crippen molar-refractivity contribution in [1.82, 2.24) is 9.80 Å². The topological polar surface area (TPSA) is 73.9 Å². The van der Waals surface area contributed by atoms with Crippen LogP contribution in [0.2, 0.25) is 0 Å². The van der Waals surface area contributed by atoms with Gasteiger partial charge >= 0.3 is 0 Å². The average Bonchev–Trinajstić information content (AvgIpc) is 2.95.